The topological polar surface area (TPSA) is 32.3 Å². The minimum atomic E-state index is 0.167. The van der Waals surface area contributed by atoms with Crippen molar-refractivity contribution in [1.29, 1.82) is 0 Å². The summed E-state index contributed by atoms with van der Waals surface area (Å²) in [5, 5.41) is 2.93. The summed E-state index contributed by atoms with van der Waals surface area (Å²) in [6.07, 6.45) is 2.09. The van der Waals surface area contributed by atoms with E-state index in [1.165, 1.54) is 5.56 Å². The molecule has 0 saturated heterocycles. The summed E-state index contributed by atoms with van der Waals surface area (Å²) < 4.78 is 0. The maximum atomic E-state index is 11.5. The highest BCUT2D eigenvalue weighted by Crippen LogP contribution is 2.30. The van der Waals surface area contributed by atoms with Gasteiger partial charge in [0.1, 0.15) is 0 Å². The Morgan fingerprint density at radius 2 is 1.94 bits per heavy atom. The maximum Gasteiger partial charge on any atom is 0.227 e. The molecule has 1 amide bonds. The van der Waals surface area contributed by atoms with E-state index in [-0.39, 0.29) is 11.8 Å². The second-order valence-electron chi connectivity index (χ2n) is 4.70. The summed E-state index contributed by atoms with van der Waals surface area (Å²) in [6.45, 7) is 0.927. The summed E-state index contributed by atoms with van der Waals surface area (Å²) in [4.78, 5) is 13.6. The third-order valence-electron chi connectivity index (χ3n) is 2.67. The molecule has 0 bridgehead atoms. The lowest BCUT2D eigenvalue weighted by Crippen LogP contribution is -2.13. The van der Waals surface area contributed by atoms with E-state index in [1.54, 1.807) is 0 Å². The SMILES string of the molecule is CN(C)Cc1ccc(NC(=O)C2CC2)cc1. The third-order valence-corrected chi connectivity index (χ3v) is 2.67. The molecule has 2 rings (SSSR count). The molecule has 1 aromatic carbocycles. The van der Waals surface area contributed by atoms with Gasteiger partial charge in [-0.2, -0.15) is 0 Å². The van der Waals surface area contributed by atoms with E-state index in [9.17, 15) is 4.79 Å². The Morgan fingerprint density at radius 1 is 1.31 bits per heavy atom. The van der Waals surface area contributed by atoms with E-state index < -0.39 is 0 Å². The number of nitrogens with zero attached hydrogens (tertiary/aromatic N) is 1. The lowest BCUT2D eigenvalue weighted by molar-refractivity contribution is -0.117. The normalized spacial score (nSPS) is 15.2. The zero-order valence-corrected chi connectivity index (χ0v) is 9.86. The van der Waals surface area contributed by atoms with Crippen LogP contribution in [0.2, 0.25) is 0 Å². The first-order valence-electron chi connectivity index (χ1n) is 5.69. The van der Waals surface area contributed by atoms with Crippen molar-refractivity contribution in [3.8, 4) is 0 Å². The van der Waals surface area contributed by atoms with Crippen molar-refractivity contribution >= 4 is 11.6 Å². The van der Waals surface area contributed by atoms with E-state index >= 15 is 0 Å². The van der Waals surface area contributed by atoms with Gasteiger partial charge >= 0.3 is 0 Å². The fourth-order valence-corrected chi connectivity index (χ4v) is 1.65. The summed E-state index contributed by atoms with van der Waals surface area (Å²) in [5.74, 6) is 0.432. The number of benzene rings is 1. The van der Waals surface area contributed by atoms with Crippen LogP contribution in [0.3, 0.4) is 0 Å². The molecular formula is C13H18N2O. The van der Waals surface area contributed by atoms with E-state index in [0.29, 0.717) is 0 Å². The van der Waals surface area contributed by atoms with Crippen LogP contribution in [0.15, 0.2) is 24.3 Å². The molecule has 0 radical (unpaired) electrons. The van der Waals surface area contributed by atoms with Crippen molar-refractivity contribution in [3.63, 3.8) is 0 Å². The molecule has 0 heterocycles. The average molecular weight is 218 g/mol. The molecule has 3 nitrogen and oxygen atoms in total. The highest BCUT2D eigenvalue weighted by atomic mass is 16.2. The van der Waals surface area contributed by atoms with Gasteiger partial charge in [0.15, 0.2) is 0 Å². The molecule has 1 N–H and O–H groups in total. The number of rotatable bonds is 4. The lowest BCUT2D eigenvalue weighted by Gasteiger charge is -2.10. The van der Waals surface area contributed by atoms with Crippen LogP contribution in [-0.2, 0) is 11.3 Å². The molecule has 1 aromatic rings. The van der Waals surface area contributed by atoms with Crippen molar-refractivity contribution in [2.75, 3.05) is 19.4 Å². The quantitative estimate of drug-likeness (QED) is 0.839. The highest BCUT2D eigenvalue weighted by molar-refractivity contribution is 5.93. The fraction of sp³-hybridized carbons (Fsp3) is 0.462. The standard InChI is InChI=1S/C13H18N2O/c1-15(2)9-10-3-7-12(8-4-10)14-13(16)11-5-6-11/h3-4,7-8,11H,5-6,9H2,1-2H3,(H,14,16). The van der Waals surface area contributed by atoms with Crippen LogP contribution in [-0.4, -0.2) is 24.9 Å². The summed E-state index contributed by atoms with van der Waals surface area (Å²) in [5.41, 5.74) is 2.16. The molecule has 0 aliphatic heterocycles. The molecule has 1 aliphatic carbocycles. The minimum Gasteiger partial charge on any atom is -0.326 e. The second-order valence-corrected chi connectivity index (χ2v) is 4.70. The summed E-state index contributed by atoms with van der Waals surface area (Å²) in [7, 11) is 4.09. The van der Waals surface area contributed by atoms with E-state index in [0.717, 1.165) is 25.1 Å². The molecule has 0 unspecified atom stereocenters. The van der Waals surface area contributed by atoms with Gasteiger partial charge in [-0.15, -0.1) is 0 Å². The van der Waals surface area contributed by atoms with Crippen LogP contribution < -0.4 is 5.32 Å². The number of anilines is 1. The molecule has 0 spiro atoms. The van der Waals surface area contributed by atoms with Crippen LogP contribution in [0.4, 0.5) is 5.69 Å². The molecule has 3 heteroatoms. The van der Waals surface area contributed by atoms with Crippen molar-refractivity contribution in [2.45, 2.75) is 19.4 Å². The minimum absolute atomic E-state index is 0.167. The molecule has 1 saturated carbocycles. The van der Waals surface area contributed by atoms with Crippen LogP contribution in [0.1, 0.15) is 18.4 Å². The smallest absolute Gasteiger partial charge is 0.227 e. The fourth-order valence-electron chi connectivity index (χ4n) is 1.65. The number of hydrogen-bond donors (Lipinski definition) is 1. The molecule has 0 aromatic heterocycles. The third kappa shape index (κ3) is 3.07. The van der Waals surface area contributed by atoms with Gasteiger partial charge in [-0.1, -0.05) is 12.1 Å². The summed E-state index contributed by atoms with van der Waals surface area (Å²) in [6, 6.07) is 8.06. The second kappa shape index (κ2) is 4.66. The van der Waals surface area contributed by atoms with E-state index in [4.69, 9.17) is 0 Å². The zero-order valence-electron chi connectivity index (χ0n) is 9.86. The van der Waals surface area contributed by atoms with E-state index in [2.05, 4.69) is 22.3 Å². The number of carbonyl (C=O) groups is 1. The van der Waals surface area contributed by atoms with Crippen LogP contribution >= 0.6 is 0 Å². The molecule has 0 atom stereocenters. The van der Waals surface area contributed by atoms with Gasteiger partial charge < -0.3 is 10.2 Å². The predicted octanol–water partition coefficient (Wildman–Crippen LogP) is 2.10. The van der Waals surface area contributed by atoms with Crippen LogP contribution in [0, 0.1) is 5.92 Å². The Morgan fingerprint density at radius 3 is 2.44 bits per heavy atom. The maximum absolute atomic E-state index is 11.5. The van der Waals surface area contributed by atoms with Gasteiger partial charge in [0.25, 0.3) is 0 Å². The molecular weight excluding hydrogens is 200 g/mol. The van der Waals surface area contributed by atoms with E-state index in [1.807, 2.05) is 26.2 Å². The first kappa shape index (κ1) is 11.1. The Hall–Kier alpha value is -1.35. The highest BCUT2D eigenvalue weighted by Gasteiger charge is 2.29. The van der Waals surface area contributed by atoms with Gasteiger partial charge in [-0.05, 0) is 44.6 Å². The first-order chi connectivity index (χ1) is 7.65. The Kier molecular flexibility index (Phi) is 3.25. The van der Waals surface area contributed by atoms with Crippen molar-refractivity contribution in [2.24, 2.45) is 5.92 Å². The zero-order chi connectivity index (χ0) is 11.5. The number of carbonyl (C=O) groups excluding carboxylic acids is 1. The molecule has 16 heavy (non-hydrogen) atoms. The largest absolute Gasteiger partial charge is 0.326 e. The number of nitrogens with one attached hydrogen (secondary N) is 1. The monoisotopic (exact) mass is 218 g/mol. The van der Waals surface area contributed by atoms with Gasteiger partial charge in [0, 0.05) is 18.2 Å². The van der Waals surface area contributed by atoms with Gasteiger partial charge in [0.05, 0.1) is 0 Å². The Bertz CT molecular complexity index is 366. The van der Waals surface area contributed by atoms with Crippen molar-refractivity contribution < 1.29 is 4.79 Å². The average Bonchev–Trinajstić information content (AvgIpc) is 3.03. The number of amides is 1. The van der Waals surface area contributed by atoms with Crippen LogP contribution in [0.5, 0.6) is 0 Å². The molecule has 86 valence electrons. The Balaban J connectivity index is 1.93. The molecule has 1 aliphatic rings. The first-order valence-corrected chi connectivity index (χ1v) is 5.69. The van der Waals surface area contributed by atoms with Crippen molar-refractivity contribution in [1.82, 2.24) is 4.90 Å². The van der Waals surface area contributed by atoms with Crippen molar-refractivity contribution in [3.05, 3.63) is 29.8 Å². The number of hydrogen-bond acceptors (Lipinski definition) is 2. The lowest BCUT2D eigenvalue weighted by atomic mass is 10.2. The Labute approximate surface area is 96.5 Å². The summed E-state index contributed by atoms with van der Waals surface area (Å²) >= 11 is 0. The van der Waals surface area contributed by atoms with Gasteiger partial charge in [0.2, 0.25) is 5.91 Å². The molecule has 1 fully saturated rings. The van der Waals surface area contributed by atoms with Crippen LogP contribution in [0.25, 0.3) is 0 Å². The predicted molar refractivity (Wildman–Crippen MR) is 65.2 cm³/mol. The van der Waals surface area contributed by atoms with Gasteiger partial charge in [-0.3, -0.25) is 4.79 Å². The van der Waals surface area contributed by atoms with Gasteiger partial charge in [-0.25, -0.2) is 0 Å².